The summed E-state index contributed by atoms with van der Waals surface area (Å²) in [6, 6.07) is 10.2. The van der Waals surface area contributed by atoms with E-state index in [0.29, 0.717) is 6.42 Å². The number of methoxy groups -OCH3 is 1. The smallest absolute Gasteiger partial charge is 0.223 e. The number of hydrogen-bond acceptors (Lipinski definition) is 4. The van der Waals surface area contributed by atoms with Crippen molar-refractivity contribution in [2.75, 3.05) is 13.7 Å². The first-order valence-corrected chi connectivity index (χ1v) is 10.5. The van der Waals surface area contributed by atoms with Crippen molar-refractivity contribution in [3.05, 3.63) is 65.7 Å². The number of nitrogens with zero attached hydrogens (tertiary/aromatic N) is 3. The molecule has 4 rings (SSSR count). The number of pyridine rings is 1. The van der Waals surface area contributed by atoms with E-state index in [1.165, 1.54) is 11.1 Å². The number of rotatable bonds is 7. The molecule has 1 N–H and O–H groups in total. The van der Waals surface area contributed by atoms with Crippen LogP contribution in [0.5, 0.6) is 5.75 Å². The van der Waals surface area contributed by atoms with Gasteiger partial charge in [-0.25, -0.2) is 0 Å². The number of ether oxygens (including phenoxy) is 1. The van der Waals surface area contributed by atoms with Crippen LogP contribution in [0.3, 0.4) is 0 Å². The molecule has 3 aromatic rings. The summed E-state index contributed by atoms with van der Waals surface area (Å²) in [6.45, 7) is 2.90. The highest BCUT2D eigenvalue weighted by Crippen LogP contribution is 2.36. The summed E-state index contributed by atoms with van der Waals surface area (Å²) in [5.74, 6) is 1.09. The minimum atomic E-state index is 0.0610. The van der Waals surface area contributed by atoms with Crippen LogP contribution in [0.1, 0.15) is 48.5 Å². The Bertz CT molecular complexity index is 999. The van der Waals surface area contributed by atoms with Gasteiger partial charge in [-0.1, -0.05) is 6.07 Å². The maximum atomic E-state index is 13.0. The minimum absolute atomic E-state index is 0.0610. The highest BCUT2D eigenvalue weighted by Gasteiger charge is 2.32. The van der Waals surface area contributed by atoms with E-state index in [-0.39, 0.29) is 11.9 Å². The number of benzene rings is 1. The second-order valence-electron chi connectivity index (χ2n) is 7.82. The van der Waals surface area contributed by atoms with Crippen LogP contribution in [-0.4, -0.2) is 39.6 Å². The number of H-pyrrole nitrogens is 1. The predicted molar refractivity (Wildman–Crippen MR) is 116 cm³/mol. The van der Waals surface area contributed by atoms with Gasteiger partial charge in [-0.05, 0) is 73.6 Å². The molecule has 1 atom stereocenters. The summed E-state index contributed by atoms with van der Waals surface area (Å²) in [5.41, 5.74) is 5.63. The third-order valence-corrected chi connectivity index (χ3v) is 5.95. The molecule has 1 aliphatic rings. The lowest BCUT2D eigenvalue weighted by atomic mass is 10.0. The predicted octanol–water partition coefficient (Wildman–Crippen LogP) is 4.48. The molecule has 1 aliphatic heterocycles. The van der Waals surface area contributed by atoms with Crippen molar-refractivity contribution in [2.24, 2.45) is 0 Å². The summed E-state index contributed by atoms with van der Waals surface area (Å²) in [4.78, 5) is 19.2. The van der Waals surface area contributed by atoms with Gasteiger partial charge in [-0.2, -0.15) is 5.10 Å². The highest BCUT2D eigenvalue weighted by atomic mass is 16.5. The summed E-state index contributed by atoms with van der Waals surface area (Å²) >= 11 is 0. The number of hydrogen-bond donors (Lipinski definition) is 1. The molecule has 0 aliphatic carbocycles. The van der Waals surface area contributed by atoms with Crippen molar-refractivity contribution in [3.8, 4) is 16.9 Å². The molecule has 0 saturated carbocycles. The molecule has 1 fully saturated rings. The molecule has 30 heavy (non-hydrogen) atoms. The number of aromatic amines is 1. The van der Waals surface area contributed by atoms with E-state index in [1.54, 1.807) is 19.5 Å². The fourth-order valence-corrected chi connectivity index (χ4v) is 4.33. The molecule has 1 amide bonds. The van der Waals surface area contributed by atoms with Crippen LogP contribution in [0.2, 0.25) is 0 Å². The fourth-order valence-electron chi connectivity index (χ4n) is 4.33. The number of carbonyl (C=O) groups excluding carboxylic acids is 1. The van der Waals surface area contributed by atoms with Crippen LogP contribution >= 0.6 is 0 Å². The average Bonchev–Trinajstić information content (AvgIpc) is 3.44. The summed E-state index contributed by atoms with van der Waals surface area (Å²) in [7, 11) is 1.68. The monoisotopic (exact) mass is 404 g/mol. The van der Waals surface area contributed by atoms with Gasteiger partial charge >= 0.3 is 0 Å². The molecule has 0 radical (unpaired) electrons. The Hall–Kier alpha value is -3.15. The fraction of sp³-hybridized carbons (Fsp3) is 0.375. The van der Waals surface area contributed by atoms with Crippen LogP contribution in [0.4, 0.5) is 0 Å². The van der Waals surface area contributed by atoms with E-state index in [1.807, 2.05) is 35.4 Å². The van der Waals surface area contributed by atoms with Crippen LogP contribution in [0.25, 0.3) is 11.1 Å². The lowest BCUT2D eigenvalue weighted by molar-refractivity contribution is -0.132. The van der Waals surface area contributed by atoms with Gasteiger partial charge in [0.15, 0.2) is 0 Å². The van der Waals surface area contributed by atoms with Crippen molar-refractivity contribution < 1.29 is 9.53 Å². The topological polar surface area (TPSA) is 71.1 Å². The highest BCUT2D eigenvalue weighted by molar-refractivity contribution is 5.77. The van der Waals surface area contributed by atoms with Crippen LogP contribution < -0.4 is 4.74 Å². The summed E-state index contributed by atoms with van der Waals surface area (Å²) < 4.78 is 5.28. The SMILES string of the molecule is COc1ccc(CCCC(=O)N2CCCC2c2[nH]ncc2-c2ccncc2)c(C)c1. The molecule has 6 heteroatoms. The molecule has 1 aromatic carbocycles. The lowest BCUT2D eigenvalue weighted by Gasteiger charge is -2.25. The molecule has 1 saturated heterocycles. The average molecular weight is 405 g/mol. The number of amides is 1. The third-order valence-electron chi connectivity index (χ3n) is 5.95. The first kappa shape index (κ1) is 20.1. The van der Waals surface area contributed by atoms with Gasteiger partial charge in [0, 0.05) is 30.9 Å². The van der Waals surface area contributed by atoms with Gasteiger partial charge < -0.3 is 9.64 Å². The van der Waals surface area contributed by atoms with Crippen molar-refractivity contribution >= 4 is 5.91 Å². The molecule has 0 spiro atoms. The first-order valence-electron chi connectivity index (χ1n) is 10.5. The molecule has 6 nitrogen and oxygen atoms in total. The van der Waals surface area contributed by atoms with Crippen LogP contribution in [-0.2, 0) is 11.2 Å². The van der Waals surface area contributed by atoms with E-state index < -0.39 is 0 Å². The largest absolute Gasteiger partial charge is 0.497 e. The molecule has 2 aromatic heterocycles. The van der Waals surface area contributed by atoms with E-state index in [2.05, 4.69) is 28.2 Å². The lowest BCUT2D eigenvalue weighted by Crippen LogP contribution is -2.30. The van der Waals surface area contributed by atoms with E-state index >= 15 is 0 Å². The first-order chi connectivity index (χ1) is 14.7. The van der Waals surface area contributed by atoms with E-state index in [4.69, 9.17) is 4.74 Å². The maximum absolute atomic E-state index is 13.0. The number of aryl methyl sites for hydroxylation is 2. The van der Waals surface area contributed by atoms with Gasteiger partial charge in [-0.3, -0.25) is 14.9 Å². The Morgan fingerprint density at radius 3 is 2.87 bits per heavy atom. The van der Waals surface area contributed by atoms with Gasteiger partial charge in [0.1, 0.15) is 5.75 Å². The van der Waals surface area contributed by atoms with E-state index in [0.717, 1.165) is 54.8 Å². The zero-order valence-corrected chi connectivity index (χ0v) is 17.6. The second-order valence-corrected chi connectivity index (χ2v) is 7.82. The molecule has 156 valence electrons. The molecular weight excluding hydrogens is 376 g/mol. The van der Waals surface area contributed by atoms with Gasteiger partial charge in [0.05, 0.1) is 25.0 Å². The number of likely N-dealkylation sites (tertiary alicyclic amines) is 1. The number of carbonyl (C=O) groups is 1. The number of aromatic nitrogens is 3. The van der Waals surface area contributed by atoms with Crippen molar-refractivity contribution in [1.82, 2.24) is 20.1 Å². The molecule has 0 bridgehead atoms. The molecule has 1 unspecified atom stereocenters. The minimum Gasteiger partial charge on any atom is -0.497 e. The van der Waals surface area contributed by atoms with Gasteiger partial charge in [0.25, 0.3) is 0 Å². The van der Waals surface area contributed by atoms with Crippen LogP contribution in [0.15, 0.2) is 48.9 Å². The van der Waals surface area contributed by atoms with Crippen LogP contribution in [0, 0.1) is 6.92 Å². The zero-order chi connectivity index (χ0) is 20.9. The Morgan fingerprint density at radius 2 is 2.10 bits per heavy atom. The molecular formula is C24H28N4O2. The van der Waals surface area contributed by atoms with Crippen molar-refractivity contribution in [2.45, 2.75) is 45.1 Å². The Morgan fingerprint density at radius 1 is 1.27 bits per heavy atom. The van der Waals surface area contributed by atoms with E-state index in [9.17, 15) is 4.79 Å². The second kappa shape index (κ2) is 9.11. The maximum Gasteiger partial charge on any atom is 0.223 e. The normalized spacial score (nSPS) is 16.1. The van der Waals surface area contributed by atoms with Crippen molar-refractivity contribution in [1.29, 1.82) is 0 Å². The van der Waals surface area contributed by atoms with Gasteiger partial charge in [0.2, 0.25) is 5.91 Å². The van der Waals surface area contributed by atoms with Gasteiger partial charge in [-0.15, -0.1) is 0 Å². The third kappa shape index (κ3) is 4.22. The summed E-state index contributed by atoms with van der Waals surface area (Å²) in [5, 5.41) is 7.42. The Labute approximate surface area is 177 Å². The number of nitrogens with one attached hydrogen (secondary N) is 1. The van der Waals surface area contributed by atoms with Crippen molar-refractivity contribution in [3.63, 3.8) is 0 Å². The quantitative estimate of drug-likeness (QED) is 0.630. The Balaban J connectivity index is 1.41. The standard InChI is InChI=1S/C24H28N4O2/c1-17-15-20(30-2)9-8-18(17)5-3-7-23(29)28-14-4-6-22(28)24-21(16-26-27-24)19-10-12-25-13-11-19/h8-13,15-16,22H,3-7,14H2,1-2H3,(H,26,27). The summed E-state index contributed by atoms with van der Waals surface area (Å²) in [6.07, 6.45) is 9.68. The Kier molecular flexibility index (Phi) is 6.12. The zero-order valence-electron chi connectivity index (χ0n) is 17.6. The molecule has 3 heterocycles.